The normalized spacial score (nSPS) is 19.0. The highest BCUT2D eigenvalue weighted by Gasteiger charge is 2.27. The first-order chi connectivity index (χ1) is 10.2. The van der Waals surface area contributed by atoms with Crippen molar-refractivity contribution in [3.8, 4) is 11.5 Å². The van der Waals surface area contributed by atoms with Crippen LogP contribution in [0.4, 0.5) is 0 Å². The molecular weight excluding hydrogens is 290 g/mol. The number of alkyl halides is 1. The minimum atomic E-state index is -0.0120. The summed E-state index contributed by atoms with van der Waals surface area (Å²) in [5.41, 5.74) is 0.565. The van der Waals surface area contributed by atoms with Crippen LogP contribution in [0.2, 0.25) is 0 Å². The van der Waals surface area contributed by atoms with Crippen molar-refractivity contribution in [3.05, 3.63) is 23.8 Å². The van der Waals surface area contributed by atoms with Gasteiger partial charge in [-0.1, -0.05) is 12.8 Å². The third kappa shape index (κ3) is 3.62. The summed E-state index contributed by atoms with van der Waals surface area (Å²) in [4.78, 5) is 14.7. The molecule has 1 heterocycles. The Morgan fingerprint density at radius 2 is 2.10 bits per heavy atom. The molecule has 1 saturated heterocycles. The van der Waals surface area contributed by atoms with Crippen LogP contribution in [0.3, 0.4) is 0 Å². The maximum Gasteiger partial charge on any atom is 0.257 e. The quantitative estimate of drug-likeness (QED) is 0.801. The number of likely N-dealkylation sites (tertiary alicyclic amines) is 1. The molecule has 1 aliphatic rings. The Bertz CT molecular complexity index is 492. The first-order valence-corrected chi connectivity index (χ1v) is 7.83. The van der Waals surface area contributed by atoms with E-state index in [1.165, 1.54) is 0 Å². The number of carbonyl (C=O) groups is 1. The van der Waals surface area contributed by atoms with Gasteiger partial charge >= 0.3 is 0 Å². The van der Waals surface area contributed by atoms with Gasteiger partial charge in [-0.15, -0.1) is 11.6 Å². The summed E-state index contributed by atoms with van der Waals surface area (Å²) in [5.74, 6) is 1.68. The lowest BCUT2D eigenvalue weighted by atomic mass is 10.1. The zero-order valence-corrected chi connectivity index (χ0v) is 13.4. The predicted octanol–water partition coefficient (Wildman–Crippen LogP) is 3.33. The number of amides is 1. The van der Waals surface area contributed by atoms with E-state index in [4.69, 9.17) is 21.1 Å². The van der Waals surface area contributed by atoms with Crippen LogP contribution in [0.1, 0.15) is 36.0 Å². The van der Waals surface area contributed by atoms with E-state index in [0.717, 1.165) is 32.2 Å². The number of methoxy groups -OCH3 is 2. The number of halogens is 1. The highest BCUT2D eigenvalue weighted by Crippen LogP contribution is 2.28. The molecule has 1 unspecified atom stereocenters. The van der Waals surface area contributed by atoms with Crippen molar-refractivity contribution in [2.75, 3.05) is 26.6 Å². The zero-order valence-electron chi connectivity index (χ0n) is 12.6. The van der Waals surface area contributed by atoms with Gasteiger partial charge in [0.1, 0.15) is 11.5 Å². The van der Waals surface area contributed by atoms with Crippen molar-refractivity contribution in [1.29, 1.82) is 0 Å². The van der Waals surface area contributed by atoms with Gasteiger partial charge in [0.05, 0.1) is 19.8 Å². The van der Waals surface area contributed by atoms with Crippen LogP contribution in [-0.2, 0) is 0 Å². The lowest BCUT2D eigenvalue weighted by Crippen LogP contribution is -2.41. The van der Waals surface area contributed by atoms with Crippen LogP contribution in [0.25, 0.3) is 0 Å². The van der Waals surface area contributed by atoms with Crippen molar-refractivity contribution in [3.63, 3.8) is 0 Å². The summed E-state index contributed by atoms with van der Waals surface area (Å²) in [6.07, 6.45) is 4.27. The fourth-order valence-electron chi connectivity index (χ4n) is 2.74. The van der Waals surface area contributed by atoms with Crippen molar-refractivity contribution < 1.29 is 14.3 Å². The van der Waals surface area contributed by atoms with Gasteiger partial charge in [-0.2, -0.15) is 0 Å². The number of hydrogen-bond acceptors (Lipinski definition) is 3. The minimum absolute atomic E-state index is 0.0120. The molecule has 4 nitrogen and oxygen atoms in total. The molecule has 116 valence electrons. The van der Waals surface area contributed by atoms with Gasteiger partial charge in [-0.05, 0) is 25.0 Å². The molecule has 1 aromatic carbocycles. The number of nitrogens with zero attached hydrogens (tertiary/aromatic N) is 1. The van der Waals surface area contributed by atoms with E-state index < -0.39 is 0 Å². The Labute approximate surface area is 131 Å². The molecule has 1 aliphatic heterocycles. The number of rotatable bonds is 4. The molecule has 21 heavy (non-hydrogen) atoms. The van der Waals surface area contributed by atoms with Crippen molar-refractivity contribution in [1.82, 2.24) is 4.90 Å². The summed E-state index contributed by atoms with van der Waals surface area (Å²) in [5, 5.41) is 0. The van der Waals surface area contributed by atoms with Gasteiger partial charge in [0, 0.05) is 24.5 Å². The molecule has 5 heteroatoms. The van der Waals surface area contributed by atoms with E-state index in [2.05, 4.69) is 0 Å². The number of ether oxygens (including phenoxy) is 2. The Hall–Kier alpha value is -1.42. The molecule has 1 amide bonds. The van der Waals surface area contributed by atoms with Gasteiger partial charge < -0.3 is 14.4 Å². The Morgan fingerprint density at radius 3 is 2.76 bits per heavy atom. The molecule has 0 spiro atoms. The predicted molar refractivity (Wildman–Crippen MR) is 83.6 cm³/mol. The molecule has 1 atom stereocenters. The SMILES string of the molecule is COc1ccc(C(=O)N2CCCCCC2CCl)c(OC)c1. The molecule has 0 aromatic heterocycles. The van der Waals surface area contributed by atoms with E-state index in [1.54, 1.807) is 32.4 Å². The Morgan fingerprint density at radius 1 is 1.29 bits per heavy atom. The van der Waals surface area contributed by atoms with Crippen LogP contribution >= 0.6 is 11.6 Å². The van der Waals surface area contributed by atoms with Gasteiger partial charge in [-0.3, -0.25) is 4.79 Å². The molecule has 0 radical (unpaired) electrons. The number of carbonyl (C=O) groups excluding carboxylic acids is 1. The van der Waals surface area contributed by atoms with E-state index in [-0.39, 0.29) is 11.9 Å². The van der Waals surface area contributed by atoms with E-state index in [1.807, 2.05) is 4.90 Å². The molecule has 1 aromatic rings. The Kier molecular flexibility index (Phi) is 5.74. The van der Waals surface area contributed by atoms with Crippen LogP contribution in [0.15, 0.2) is 18.2 Å². The molecule has 2 rings (SSSR count). The summed E-state index contributed by atoms with van der Waals surface area (Å²) in [6, 6.07) is 5.38. The van der Waals surface area contributed by atoms with Gasteiger partial charge in [-0.25, -0.2) is 0 Å². The first kappa shape index (κ1) is 16.0. The fourth-order valence-corrected chi connectivity index (χ4v) is 3.06. The average molecular weight is 312 g/mol. The molecule has 0 N–H and O–H groups in total. The minimum Gasteiger partial charge on any atom is -0.497 e. The second-order valence-electron chi connectivity index (χ2n) is 5.22. The lowest BCUT2D eigenvalue weighted by molar-refractivity contribution is 0.0697. The van der Waals surface area contributed by atoms with Gasteiger partial charge in [0.15, 0.2) is 0 Å². The third-order valence-corrected chi connectivity index (χ3v) is 4.31. The topological polar surface area (TPSA) is 38.8 Å². The largest absolute Gasteiger partial charge is 0.497 e. The number of benzene rings is 1. The standard InChI is InChI=1S/C16H22ClNO3/c1-20-13-7-8-14(15(10-13)21-2)16(19)18-9-5-3-4-6-12(18)11-17/h7-8,10,12H,3-6,9,11H2,1-2H3. The van der Waals surface area contributed by atoms with Gasteiger partial charge in [0.25, 0.3) is 5.91 Å². The Balaban J connectivity index is 2.29. The summed E-state index contributed by atoms with van der Waals surface area (Å²) in [6.45, 7) is 0.755. The summed E-state index contributed by atoms with van der Waals surface area (Å²) in [7, 11) is 3.15. The smallest absolute Gasteiger partial charge is 0.257 e. The molecule has 0 saturated carbocycles. The molecular formula is C16H22ClNO3. The average Bonchev–Trinajstić information content (AvgIpc) is 2.78. The van der Waals surface area contributed by atoms with Crippen molar-refractivity contribution in [2.24, 2.45) is 0 Å². The first-order valence-electron chi connectivity index (χ1n) is 7.30. The monoisotopic (exact) mass is 311 g/mol. The summed E-state index contributed by atoms with van der Waals surface area (Å²) >= 11 is 6.06. The van der Waals surface area contributed by atoms with Crippen molar-refractivity contribution in [2.45, 2.75) is 31.7 Å². The van der Waals surface area contributed by atoms with Gasteiger partial charge in [0.2, 0.25) is 0 Å². The number of hydrogen-bond donors (Lipinski definition) is 0. The fraction of sp³-hybridized carbons (Fsp3) is 0.562. The van der Waals surface area contributed by atoms with E-state index >= 15 is 0 Å². The molecule has 0 bridgehead atoms. The van der Waals surface area contributed by atoms with Crippen LogP contribution in [0, 0.1) is 0 Å². The second-order valence-corrected chi connectivity index (χ2v) is 5.53. The van der Waals surface area contributed by atoms with Crippen LogP contribution in [0.5, 0.6) is 11.5 Å². The molecule has 0 aliphatic carbocycles. The maximum absolute atomic E-state index is 12.8. The van der Waals surface area contributed by atoms with Crippen molar-refractivity contribution >= 4 is 17.5 Å². The maximum atomic E-state index is 12.8. The second kappa shape index (κ2) is 7.55. The van der Waals surface area contributed by atoms with Crippen LogP contribution < -0.4 is 9.47 Å². The zero-order chi connectivity index (χ0) is 15.2. The lowest BCUT2D eigenvalue weighted by Gasteiger charge is -2.29. The highest BCUT2D eigenvalue weighted by molar-refractivity contribution is 6.18. The van der Waals surface area contributed by atoms with Crippen LogP contribution in [-0.4, -0.2) is 43.5 Å². The van der Waals surface area contributed by atoms with E-state index in [0.29, 0.717) is 22.9 Å². The highest BCUT2D eigenvalue weighted by atomic mass is 35.5. The summed E-state index contributed by atoms with van der Waals surface area (Å²) < 4.78 is 10.5. The third-order valence-electron chi connectivity index (χ3n) is 3.96. The van der Waals surface area contributed by atoms with E-state index in [9.17, 15) is 4.79 Å². The molecule has 1 fully saturated rings.